The summed E-state index contributed by atoms with van der Waals surface area (Å²) in [5.41, 5.74) is 20.0. The van der Waals surface area contributed by atoms with E-state index in [1.165, 1.54) is 77.5 Å². The Kier molecular flexibility index (Phi) is 10.7. The van der Waals surface area contributed by atoms with E-state index in [-0.39, 0.29) is 41.8 Å². The Hall–Kier alpha value is -5.47. The molecule has 0 saturated carbocycles. The molecule has 0 fully saturated rings. The van der Waals surface area contributed by atoms with E-state index in [1.807, 2.05) is 24.5 Å². The summed E-state index contributed by atoms with van der Waals surface area (Å²) in [7, 11) is 0. The number of pyridine rings is 2. The first-order valence-corrected chi connectivity index (χ1v) is 21.3. The van der Waals surface area contributed by atoms with Crippen LogP contribution in [0.5, 0.6) is 0 Å². The Labute approximate surface area is 376 Å². The van der Waals surface area contributed by atoms with Crippen LogP contribution in [0.4, 0.5) is 0 Å². The zero-order valence-corrected chi connectivity index (χ0v) is 39.5. The Balaban J connectivity index is 0.000000191. The summed E-state index contributed by atoms with van der Waals surface area (Å²) in [5.74, 6) is 0. The average Bonchev–Trinajstić information content (AvgIpc) is 3.61. The van der Waals surface area contributed by atoms with Crippen LogP contribution in [0.1, 0.15) is 103 Å². The van der Waals surface area contributed by atoms with Crippen molar-refractivity contribution in [3.8, 4) is 55.9 Å². The first-order chi connectivity index (χ1) is 28.5. The van der Waals surface area contributed by atoms with Crippen LogP contribution in [0.15, 0.2) is 146 Å². The average molecular weight is 971 g/mol. The number of hydrogen-bond donors (Lipinski definition) is 0. The van der Waals surface area contributed by atoms with Crippen LogP contribution in [0.25, 0.3) is 66.7 Å². The third-order valence-electron chi connectivity index (χ3n) is 13.0. The summed E-state index contributed by atoms with van der Waals surface area (Å²) >= 11 is 0. The van der Waals surface area contributed by atoms with Gasteiger partial charge in [-0.3, -0.25) is 0 Å². The number of hydrogen-bond acceptors (Lipinski definition) is 2. The van der Waals surface area contributed by atoms with E-state index < -0.39 is 0 Å². The smallest absolute Gasteiger partial charge is 0.0167 e. The molecule has 0 amide bonds. The third kappa shape index (κ3) is 7.51. The maximum Gasteiger partial charge on any atom is 0.0167 e. The Morgan fingerprint density at radius 3 is 1.84 bits per heavy atom. The Bertz CT molecular complexity index is 2940. The Morgan fingerprint density at radius 2 is 1.11 bits per heavy atom. The molecule has 307 valence electrons. The van der Waals surface area contributed by atoms with Gasteiger partial charge < -0.3 is 9.97 Å². The number of rotatable bonds is 3. The number of fused-ring (bicyclic) bond motifs is 7. The fourth-order valence-corrected chi connectivity index (χ4v) is 9.38. The topological polar surface area (TPSA) is 25.8 Å². The van der Waals surface area contributed by atoms with Gasteiger partial charge in [0, 0.05) is 37.9 Å². The van der Waals surface area contributed by atoms with Gasteiger partial charge >= 0.3 is 0 Å². The minimum atomic E-state index is -0.149. The molecule has 2 aliphatic carbocycles. The second kappa shape index (κ2) is 15.5. The molecule has 0 spiro atoms. The second-order valence-electron chi connectivity index (χ2n) is 19.8. The van der Waals surface area contributed by atoms with Gasteiger partial charge in [0.25, 0.3) is 0 Å². The summed E-state index contributed by atoms with van der Waals surface area (Å²) in [6.07, 6.45) is 3.86. The van der Waals surface area contributed by atoms with Crippen LogP contribution in [0.2, 0.25) is 0 Å². The van der Waals surface area contributed by atoms with Gasteiger partial charge in [0.15, 0.2) is 0 Å². The molecular weight excluding hydrogens is 917 g/mol. The fourth-order valence-electron chi connectivity index (χ4n) is 9.38. The number of benzene rings is 6. The molecular formula is C58H54IrN2-2. The molecule has 2 nitrogen and oxygen atoms in total. The maximum absolute atomic E-state index is 5.00. The molecule has 0 saturated heterocycles. The normalized spacial score (nSPS) is 14.2. The molecule has 2 aliphatic rings. The van der Waals surface area contributed by atoms with Gasteiger partial charge in [0.2, 0.25) is 0 Å². The van der Waals surface area contributed by atoms with Gasteiger partial charge in [0.1, 0.15) is 0 Å². The van der Waals surface area contributed by atoms with Crippen molar-refractivity contribution in [2.45, 2.75) is 90.9 Å². The number of aromatic nitrogens is 2. The van der Waals surface area contributed by atoms with Gasteiger partial charge in [0.05, 0.1) is 0 Å². The van der Waals surface area contributed by atoms with Gasteiger partial charge in [-0.05, 0) is 113 Å². The fraction of sp³-hybridized carbons (Fsp3) is 0.241. The molecule has 61 heavy (non-hydrogen) atoms. The number of nitrogens with zero attached hydrogens (tertiary/aromatic N) is 2. The predicted molar refractivity (Wildman–Crippen MR) is 252 cm³/mol. The molecule has 8 aromatic rings. The summed E-state index contributed by atoms with van der Waals surface area (Å²) in [6.45, 7) is 22.9. The SMILES string of the molecule is CC(C)(C)c1ccc2c(c1)C(C)(C)c1c[c-]c(-c3nccc4c3C(C)(C)c3cc5ccccc5cc3-4)cc1-2.CC(C)(C)c1ccnc(-c2[c-]ccc(-c3ccccc3)c2)c1.[Ir]. The molecule has 10 rings (SSSR count). The van der Waals surface area contributed by atoms with Crippen LogP contribution >= 0.6 is 0 Å². The minimum Gasteiger partial charge on any atom is -0.305 e. The van der Waals surface area contributed by atoms with Gasteiger partial charge in [-0.15, -0.1) is 64.7 Å². The zero-order chi connectivity index (χ0) is 42.2. The molecule has 2 heterocycles. The van der Waals surface area contributed by atoms with Crippen molar-refractivity contribution in [3.63, 3.8) is 0 Å². The largest absolute Gasteiger partial charge is 0.305 e. The summed E-state index contributed by atoms with van der Waals surface area (Å²) in [5, 5.41) is 2.57. The van der Waals surface area contributed by atoms with Crippen molar-refractivity contribution >= 4 is 10.8 Å². The maximum atomic E-state index is 5.00. The van der Waals surface area contributed by atoms with E-state index in [4.69, 9.17) is 4.98 Å². The summed E-state index contributed by atoms with van der Waals surface area (Å²) in [6, 6.07) is 55.1. The quantitative estimate of drug-likeness (QED) is 0.165. The monoisotopic (exact) mass is 971 g/mol. The van der Waals surface area contributed by atoms with Crippen LogP contribution in [-0.2, 0) is 41.8 Å². The van der Waals surface area contributed by atoms with E-state index in [1.54, 1.807) is 0 Å². The molecule has 0 atom stereocenters. The standard InChI is InChI=1S/C37H34N.C21H20N.Ir/c1-35(2,3)25-13-14-26-28-19-24(12-15-30(28)36(4,5)32(26)21-25)34-33-27(16-17-38-34)29-18-22-10-8-9-11-23(22)20-31(29)37(33,6)7;1-21(2,3)19-12-13-22-20(15-19)18-11-7-10-17(14-18)16-8-5-4-6-9-16;/h8-11,13-21H,1-7H3;4-10,12-15H,1-3H3;/q2*-1;. The summed E-state index contributed by atoms with van der Waals surface area (Å²) < 4.78 is 0. The molecule has 0 bridgehead atoms. The van der Waals surface area contributed by atoms with Crippen LogP contribution in [0.3, 0.4) is 0 Å². The van der Waals surface area contributed by atoms with E-state index >= 15 is 0 Å². The molecule has 6 aromatic carbocycles. The van der Waals surface area contributed by atoms with Crippen molar-refractivity contribution < 1.29 is 20.1 Å². The second-order valence-corrected chi connectivity index (χ2v) is 19.8. The Morgan fingerprint density at radius 1 is 0.475 bits per heavy atom. The van der Waals surface area contributed by atoms with Crippen molar-refractivity contribution in [2.75, 3.05) is 0 Å². The molecule has 0 aliphatic heterocycles. The van der Waals surface area contributed by atoms with Gasteiger partial charge in [-0.1, -0.05) is 154 Å². The molecule has 2 aromatic heterocycles. The van der Waals surface area contributed by atoms with Crippen molar-refractivity contribution in [1.82, 2.24) is 9.97 Å². The third-order valence-corrected chi connectivity index (χ3v) is 13.0. The van der Waals surface area contributed by atoms with E-state index in [9.17, 15) is 0 Å². The van der Waals surface area contributed by atoms with E-state index in [2.05, 4.69) is 208 Å². The van der Waals surface area contributed by atoms with Crippen molar-refractivity contribution in [3.05, 3.63) is 191 Å². The first-order valence-electron chi connectivity index (χ1n) is 21.3. The van der Waals surface area contributed by atoms with E-state index in [0.717, 1.165) is 22.5 Å². The van der Waals surface area contributed by atoms with Crippen molar-refractivity contribution in [2.24, 2.45) is 0 Å². The molecule has 3 heteroatoms. The van der Waals surface area contributed by atoms with Gasteiger partial charge in [-0.25, -0.2) is 0 Å². The van der Waals surface area contributed by atoms with Crippen LogP contribution in [0, 0.1) is 12.1 Å². The molecule has 1 radical (unpaired) electrons. The molecule has 0 N–H and O–H groups in total. The van der Waals surface area contributed by atoms with Crippen LogP contribution < -0.4 is 0 Å². The predicted octanol–water partition coefficient (Wildman–Crippen LogP) is 15.1. The molecule has 0 unspecified atom stereocenters. The van der Waals surface area contributed by atoms with Crippen LogP contribution in [-0.4, -0.2) is 9.97 Å². The van der Waals surface area contributed by atoms with Gasteiger partial charge in [-0.2, -0.15) is 0 Å². The van der Waals surface area contributed by atoms with E-state index in [0.29, 0.717) is 0 Å². The summed E-state index contributed by atoms with van der Waals surface area (Å²) in [4.78, 5) is 9.53. The zero-order valence-electron chi connectivity index (χ0n) is 37.1. The van der Waals surface area contributed by atoms with Crippen molar-refractivity contribution in [1.29, 1.82) is 0 Å². The first kappa shape index (κ1) is 42.2. The minimum absolute atomic E-state index is 0.